The zero-order valence-corrected chi connectivity index (χ0v) is 19.3. The number of morpholine rings is 1. The van der Waals surface area contributed by atoms with Gasteiger partial charge in [-0.05, 0) is 55.5 Å². The number of amides is 3. The minimum atomic E-state index is -1.29. The van der Waals surface area contributed by atoms with Crippen molar-refractivity contribution in [3.05, 3.63) is 65.2 Å². The van der Waals surface area contributed by atoms with Gasteiger partial charge in [-0.15, -0.1) is 0 Å². The minimum absolute atomic E-state index is 0.0772. The zero-order chi connectivity index (χ0) is 25.2. The van der Waals surface area contributed by atoms with Crippen molar-refractivity contribution in [1.82, 2.24) is 15.7 Å². The number of aliphatic hydroxyl groups excluding tert-OH is 1. The second kappa shape index (κ2) is 12.6. The maximum Gasteiger partial charge on any atom is 0.268 e. The fraction of sp³-hybridized carbons (Fsp3) is 0.320. The van der Waals surface area contributed by atoms with Crippen molar-refractivity contribution in [2.45, 2.75) is 19.1 Å². The highest BCUT2D eigenvalue weighted by Crippen LogP contribution is 2.10. The number of rotatable bonds is 7. The fourth-order valence-electron chi connectivity index (χ4n) is 3.35. The Kier molecular flexibility index (Phi) is 9.34. The topological polar surface area (TPSA) is 140 Å². The number of carbonyl (C=O) groups is 3. The molecule has 1 fully saturated rings. The van der Waals surface area contributed by atoms with Crippen LogP contribution in [0.25, 0.3) is 0 Å². The van der Waals surface area contributed by atoms with Gasteiger partial charge in [-0.2, -0.15) is 0 Å². The molecule has 2 aromatic rings. The molecule has 5 N–H and O–H groups in total. The molecule has 35 heavy (non-hydrogen) atoms. The van der Waals surface area contributed by atoms with E-state index in [2.05, 4.69) is 22.5 Å². The molecule has 0 aromatic heterocycles. The molecule has 0 radical (unpaired) electrons. The van der Waals surface area contributed by atoms with Crippen LogP contribution < -0.4 is 16.1 Å². The van der Waals surface area contributed by atoms with E-state index in [1.54, 1.807) is 36.4 Å². The summed E-state index contributed by atoms with van der Waals surface area (Å²) in [5, 5.41) is 23.6. The van der Waals surface area contributed by atoms with E-state index in [9.17, 15) is 19.5 Å². The van der Waals surface area contributed by atoms with Crippen LogP contribution in [0.2, 0.25) is 0 Å². The van der Waals surface area contributed by atoms with Crippen LogP contribution in [0.1, 0.15) is 28.4 Å². The van der Waals surface area contributed by atoms with E-state index in [4.69, 9.17) is 9.94 Å². The summed E-state index contributed by atoms with van der Waals surface area (Å²) in [6.45, 7) is 4.43. The first-order valence-corrected chi connectivity index (χ1v) is 11.1. The number of aliphatic hydroxyl groups is 1. The van der Waals surface area contributed by atoms with E-state index in [1.165, 1.54) is 12.4 Å². The van der Waals surface area contributed by atoms with Gasteiger partial charge in [-0.1, -0.05) is 11.8 Å². The van der Waals surface area contributed by atoms with E-state index in [1.807, 2.05) is 17.0 Å². The number of ether oxygens (including phenoxy) is 1. The lowest BCUT2D eigenvalue weighted by Gasteiger charge is -2.25. The summed E-state index contributed by atoms with van der Waals surface area (Å²) in [4.78, 5) is 38.1. The van der Waals surface area contributed by atoms with Crippen LogP contribution in [0.3, 0.4) is 0 Å². The smallest absolute Gasteiger partial charge is 0.268 e. The van der Waals surface area contributed by atoms with Crippen molar-refractivity contribution in [3.63, 3.8) is 0 Å². The quantitative estimate of drug-likeness (QED) is 0.219. The molecule has 2 aromatic carbocycles. The van der Waals surface area contributed by atoms with E-state index in [-0.39, 0.29) is 11.5 Å². The summed E-state index contributed by atoms with van der Waals surface area (Å²) in [6, 6.07) is 12.3. The van der Waals surface area contributed by atoms with Gasteiger partial charge in [0.05, 0.1) is 25.9 Å². The second-order valence-corrected chi connectivity index (χ2v) is 8.01. The van der Waals surface area contributed by atoms with Crippen molar-refractivity contribution in [2.75, 3.05) is 38.2 Å². The molecule has 184 valence electrons. The van der Waals surface area contributed by atoms with Crippen molar-refractivity contribution < 1.29 is 29.4 Å². The number of nitrogens with one attached hydrogen (secondary N) is 3. The Morgan fingerprint density at radius 3 is 2.11 bits per heavy atom. The first-order valence-electron chi connectivity index (χ1n) is 11.1. The van der Waals surface area contributed by atoms with Crippen molar-refractivity contribution in [2.24, 2.45) is 0 Å². The van der Waals surface area contributed by atoms with E-state index >= 15 is 0 Å². The Labute approximate surface area is 203 Å². The van der Waals surface area contributed by atoms with Gasteiger partial charge >= 0.3 is 0 Å². The molecule has 0 saturated carbocycles. The zero-order valence-electron chi connectivity index (χ0n) is 19.3. The third-order valence-corrected chi connectivity index (χ3v) is 5.30. The van der Waals surface area contributed by atoms with Gasteiger partial charge in [0.2, 0.25) is 5.91 Å². The molecular weight excluding hydrogens is 452 g/mol. The van der Waals surface area contributed by atoms with Gasteiger partial charge < -0.3 is 20.5 Å². The molecule has 3 rings (SSSR count). The summed E-state index contributed by atoms with van der Waals surface area (Å²) < 4.78 is 5.28. The number of carbonyl (C=O) groups excluding carboxylic acids is 3. The lowest BCUT2D eigenvalue weighted by atomic mass is 10.1. The van der Waals surface area contributed by atoms with Crippen LogP contribution in [-0.2, 0) is 14.3 Å². The lowest BCUT2D eigenvalue weighted by molar-refractivity contribution is -0.133. The molecule has 1 heterocycles. The first-order chi connectivity index (χ1) is 16.9. The number of hydrogen-bond acceptors (Lipinski definition) is 7. The van der Waals surface area contributed by atoms with Crippen LogP contribution in [0.5, 0.6) is 0 Å². The average Bonchev–Trinajstić information content (AvgIpc) is 2.87. The van der Waals surface area contributed by atoms with Gasteiger partial charge in [-0.3, -0.25) is 24.5 Å². The molecule has 0 spiro atoms. The highest BCUT2D eigenvalue weighted by atomic mass is 16.5. The molecule has 1 aliphatic rings. The Bertz CT molecular complexity index is 1080. The summed E-state index contributed by atoms with van der Waals surface area (Å²) in [5.41, 5.74) is 3.80. The second-order valence-electron chi connectivity index (χ2n) is 8.01. The normalized spacial score (nSPS) is 15.2. The summed E-state index contributed by atoms with van der Waals surface area (Å²) in [7, 11) is 0. The highest BCUT2D eigenvalue weighted by molar-refractivity contribution is 5.97. The molecule has 1 saturated heterocycles. The molecule has 2 unspecified atom stereocenters. The van der Waals surface area contributed by atoms with Crippen LogP contribution >= 0.6 is 0 Å². The Balaban J connectivity index is 1.54. The molecule has 10 heteroatoms. The standard InChI is InChI=1S/C25H28N4O6/c1-17(30)23(25(33)28-34)27-24(32)20-8-4-18(5-9-20)2-3-19-6-10-21(11-7-19)26-22(31)16-29-12-14-35-15-13-29/h4-11,17,23,30,34H,12-16H2,1H3,(H,26,31)(H,27,32)(H,28,33). The maximum atomic E-state index is 12.3. The van der Waals surface area contributed by atoms with Gasteiger partial charge in [0.15, 0.2) is 0 Å². The summed E-state index contributed by atoms with van der Waals surface area (Å²) >= 11 is 0. The van der Waals surface area contributed by atoms with E-state index in [0.717, 1.165) is 18.7 Å². The first kappa shape index (κ1) is 25.9. The molecular formula is C25H28N4O6. The van der Waals surface area contributed by atoms with Gasteiger partial charge in [-0.25, -0.2) is 5.48 Å². The molecule has 0 aliphatic carbocycles. The van der Waals surface area contributed by atoms with Crippen LogP contribution in [-0.4, -0.2) is 77.9 Å². The molecule has 0 bridgehead atoms. The molecule has 2 atom stereocenters. The number of hydroxylamine groups is 1. The van der Waals surface area contributed by atoms with E-state index < -0.39 is 24.0 Å². The van der Waals surface area contributed by atoms with Gasteiger partial charge in [0.25, 0.3) is 11.8 Å². The minimum Gasteiger partial charge on any atom is -0.391 e. The number of benzene rings is 2. The third-order valence-electron chi connectivity index (χ3n) is 5.30. The molecule has 1 aliphatic heterocycles. The SMILES string of the molecule is CC(O)C(NC(=O)c1ccc(C#Cc2ccc(NC(=O)CN3CCOCC3)cc2)cc1)C(=O)NO. The van der Waals surface area contributed by atoms with Crippen LogP contribution in [0, 0.1) is 11.8 Å². The number of anilines is 1. The van der Waals surface area contributed by atoms with Crippen molar-refractivity contribution in [3.8, 4) is 11.8 Å². The molecule has 10 nitrogen and oxygen atoms in total. The van der Waals surface area contributed by atoms with Crippen molar-refractivity contribution in [1.29, 1.82) is 0 Å². The maximum absolute atomic E-state index is 12.3. The fourth-order valence-corrected chi connectivity index (χ4v) is 3.35. The average molecular weight is 481 g/mol. The summed E-state index contributed by atoms with van der Waals surface area (Å²) in [5.74, 6) is 4.46. The lowest BCUT2D eigenvalue weighted by Crippen LogP contribution is -2.51. The largest absolute Gasteiger partial charge is 0.391 e. The van der Waals surface area contributed by atoms with Gasteiger partial charge in [0.1, 0.15) is 6.04 Å². The summed E-state index contributed by atoms with van der Waals surface area (Å²) in [6.07, 6.45) is -1.19. The Morgan fingerprint density at radius 1 is 1.00 bits per heavy atom. The van der Waals surface area contributed by atoms with Crippen LogP contribution in [0.15, 0.2) is 48.5 Å². The predicted octanol–water partition coefficient (Wildman–Crippen LogP) is 0.342. The van der Waals surface area contributed by atoms with E-state index in [0.29, 0.717) is 31.0 Å². The Hall–Kier alpha value is -3.75. The number of nitrogens with zero attached hydrogens (tertiary/aromatic N) is 1. The van der Waals surface area contributed by atoms with Gasteiger partial charge in [0, 0.05) is 35.5 Å². The predicted molar refractivity (Wildman–Crippen MR) is 128 cm³/mol. The third kappa shape index (κ3) is 7.91. The monoisotopic (exact) mass is 480 g/mol. The Morgan fingerprint density at radius 2 is 1.57 bits per heavy atom. The number of hydrogen-bond donors (Lipinski definition) is 5. The van der Waals surface area contributed by atoms with Crippen LogP contribution in [0.4, 0.5) is 5.69 Å². The molecule has 3 amide bonds. The van der Waals surface area contributed by atoms with Crippen molar-refractivity contribution >= 4 is 23.4 Å². The highest BCUT2D eigenvalue weighted by Gasteiger charge is 2.25.